The average molecular weight is 293 g/mol. The molecule has 0 unspecified atom stereocenters. The summed E-state index contributed by atoms with van der Waals surface area (Å²) in [6, 6.07) is 10.1. The van der Waals surface area contributed by atoms with E-state index >= 15 is 0 Å². The van der Waals surface area contributed by atoms with Crippen molar-refractivity contribution in [3.05, 3.63) is 45.9 Å². The van der Waals surface area contributed by atoms with Gasteiger partial charge in [-0.15, -0.1) is 0 Å². The van der Waals surface area contributed by atoms with E-state index in [1.165, 1.54) is 24.8 Å². The number of hydrogen-bond acceptors (Lipinski definition) is 2. The predicted octanol–water partition coefficient (Wildman–Crippen LogP) is 4.91. The summed E-state index contributed by atoms with van der Waals surface area (Å²) >= 11 is 12.1. The quantitative estimate of drug-likeness (QED) is 0.854. The fourth-order valence-corrected chi connectivity index (χ4v) is 2.81. The van der Waals surface area contributed by atoms with Crippen molar-refractivity contribution in [2.24, 2.45) is 0 Å². The maximum Gasteiger partial charge on any atom is 0.143 e. The van der Waals surface area contributed by atoms with E-state index in [2.05, 4.69) is 29.2 Å². The molecule has 0 aliphatic heterocycles. The molecular weight excluding hydrogens is 279 g/mol. The van der Waals surface area contributed by atoms with Gasteiger partial charge in [0, 0.05) is 5.56 Å². The minimum atomic E-state index is 0.309. The number of anilines is 1. The molecule has 0 saturated heterocycles. The van der Waals surface area contributed by atoms with Crippen LogP contribution in [0.3, 0.4) is 0 Å². The summed E-state index contributed by atoms with van der Waals surface area (Å²) in [6.45, 7) is 0. The van der Waals surface area contributed by atoms with Gasteiger partial charge in [0.1, 0.15) is 5.82 Å². The van der Waals surface area contributed by atoms with Crippen LogP contribution in [0.5, 0.6) is 0 Å². The number of aromatic nitrogens is 1. The molecule has 1 aromatic heterocycles. The molecule has 98 valence electrons. The molecule has 1 fully saturated rings. The van der Waals surface area contributed by atoms with Crippen LogP contribution >= 0.6 is 23.2 Å². The second-order valence-corrected chi connectivity index (χ2v) is 5.75. The number of nitrogens with zero attached hydrogens (tertiary/aromatic N) is 1. The Bertz CT molecular complexity index is 604. The van der Waals surface area contributed by atoms with E-state index in [0.717, 1.165) is 11.5 Å². The summed E-state index contributed by atoms with van der Waals surface area (Å²) in [4.78, 5) is 4.27. The Hall–Kier alpha value is -1.25. The average Bonchev–Trinajstić information content (AvgIpc) is 2.33. The number of halogens is 2. The molecule has 19 heavy (non-hydrogen) atoms. The molecule has 1 heterocycles. The van der Waals surface area contributed by atoms with E-state index in [1.54, 1.807) is 6.07 Å². The Balaban J connectivity index is 1.95. The third kappa shape index (κ3) is 2.43. The Morgan fingerprint density at radius 1 is 1.05 bits per heavy atom. The molecule has 1 aliphatic carbocycles. The van der Waals surface area contributed by atoms with Crippen LogP contribution in [0.4, 0.5) is 5.82 Å². The van der Waals surface area contributed by atoms with Crippen molar-refractivity contribution in [2.45, 2.75) is 25.2 Å². The van der Waals surface area contributed by atoms with E-state index in [-0.39, 0.29) is 0 Å². The van der Waals surface area contributed by atoms with Crippen LogP contribution < -0.4 is 5.73 Å². The van der Waals surface area contributed by atoms with E-state index < -0.39 is 0 Å². The zero-order chi connectivity index (χ0) is 13.4. The lowest BCUT2D eigenvalue weighted by Crippen LogP contribution is -2.08. The van der Waals surface area contributed by atoms with Crippen molar-refractivity contribution in [1.82, 2.24) is 4.98 Å². The van der Waals surface area contributed by atoms with Gasteiger partial charge in [0.15, 0.2) is 0 Å². The highest BCUT2D eigenvalue weighted by molar-refractivity contribution is 6.37. The molecule has 1 saturated carbocycles. The monoisotopic (exact) mass is 292 g/mol. The Labute approximate surface area is 122 Å². The van der Waals surface area contributed by atoms with Crippen molar-refractivity contribution < 1.29 is 0 Å². The second kappa shape index (κ2) is 5.03. The number of rotatable bonds is 2. The maximum atomic E-state index is 6.17. The van der Waals surface area contributed by atoms with Gasteiger partial charge in [0.05, 0.1) is 15.7 Å². The highest BCUT2D eigenvalue weighted by atomic mass is 35.5. The molecule has 2 aromatic rings. The van der Waals surface area contributed by atoms with Crippen LogP contribution in [0.2, 0.25) is 10.0 Å². The van der Waals surface area contributed by atoms with Gasteiger partial charge >= 0.3 is 0 Å². The molecule has 1 aromatic carbocycles. The zero-order valence-corrected chi connectivity index (χ0v) is 11.9. The van der Waals surface area contributed by atoms with Gasteiger partial charge in [0.2, 0.25) is 0 Å². The highest BCUT2D eigenvalue weighted by Crippen LogP contribution is 2.37. The SMILES string of the molecule is Nc1nc(-c2ccc(C3CCC3)cc2)c(Cl)cc1Cl. The highest BCUT2D eigenvalue weighted by Gasteiger charge is 2.19. The first kappa shape index (κ1) is 12.8. The predicted molar refractivity (Wildman–Crippen MR) is 80.7 cm³/mol. The third-order valence-electron chi connectivity index (χ3n) is 3.72. The lowest BCUT2D eigenvalue weighted by atomic mass is 9.80. The van der Waals surface area contributed by atoms with Crippen molar-refractivity contribution >= 4 is 29.0 Å². The third-order valence-corrected chi connectivity index (χ3v) is 4.31. The van der Waals surface area contributed by atoms with Gasteiger partial charge in [-0.1, -0.05) is 53.9 Å². The molecule has 2 N–H and O–H groups in total. The number of pyridine rings is 1. The Kier molecular flexibility index (Phi) is 3.38. The molecule has 0 spiro atoms. The normalized spacial score (nSPS) is 15.3. The summed E-state index contributed by atoms with van der Waals surface area (Å²) in [5, 5.41) is 0.912. The molecule has 0 bridgehead atoms. The summed E-state index contributed by atoms with van der Waals surface area (Å²) in [5.41, 5.74) is 8.78. The van der Waals surface area contributed by atoms with Crippen molar-refractivity contribution in [1.29, 1.82) is 0 Å². The molecule has 0 atom stereocenters. The van der Waals surface area contributed by atoms with Crippen molar-refractivity contribution in [3.8, 4) is 11.3 Å². The van der Waals surface area contributed by atoms with Crippen LogP contribution in [0.1, 0.15) is 30.7 Å². The largest absolute Gasteiger partial charge is 0.382 e. The standard InChI is InChI=1S/C15H14Cl2N2/c16-12-8-13(17)15(18)19-14(12)11-6-4-10(5-7-11)9-2-1-3-9/h4-9H,1-3H2,(H2,18,19). The first-order valence-electron chi connectivity index (χ1n) is 6.37. The second-order valence-electron chi connectivity index (χ2n) is 4.94. The number of benzene rings is 1. The minimum absolute atomic E-state index is 0.309. The van der Waals surface area contributed by atoms with Crippen LogP contribution in [-0.4, -0.2) is 4.98 Å². The fourth-order valence-electron chi connectivity index (χ4n) is 2.34. The van der Waals surface area contributed by atoms with Gasteiger partial charge in [-0.2, -0.15) is 0 Å². The molecule has 4 heteroatoms. The lowest BCUT2D eigenvalue weighted by molar-refractivity contribution is 0.420. The number of hydrogen-bond donors (Lipinski definition) is 1. The summed E-state index contributed by atoms with van der Waals surface area (Å²) in [5.74, 6) is 1.04. The van der Waals surface area contributed by atoms with E-state index in [0.29, 0.717) is 21.6 Å². The number of nitrogens with two attached hydrogens (primary N) is 1. The van der Waals surface area contributed by atoms with Gasteiger partial charge in [-0.05, 0) is 30.4 Å². The fraction of sp³-hybridized carbons (Fsp3) is 0.267. The van der Waals surface area contributed by atoms with Crippen molar-refractivity contribution in [2.75, 3.05) is 5.73 Å². The topological polar surface area (TPSA) is 38.9 Å². The van der Waals surface area contributed by atoms with Crippen LogP contribution in [-0.2, 0) is 0 Å². The molecule has 0 radical (unpaired) electrons. The summed E-state index contributed by atoms with van der Waals surface area (Å²) < 4.78 is 0. The Morgan fingerprint density at radius 3 is 2.32 bits per heavy atom. The molecule has 0 amide bonds. The van der Waals surface area contributed by atoms with E-state index in [9.17, 15) is 0 Å². The van der Waals surface area contributed by atoms with Crippen LogP contribution in [0.15, 0.2) is 30.3 Å². The van der Waals surface area contributed by atoms with E-state index in [4.69, 9.17) is 28.9 Å². The first-order valence-corrected chi connectivity index (χ1v) is 7.12. The Morgan fingerprint density at radius 2 is 1.74 bits per heavy atom. The van der Waals surface area contributed by atoms with Gasteiger partial charge in [-0.25, -0.2) is 4.98 Å². The number of nitrogen functional groups attached to an aromatic ring is 1. The molecule has 2 nitrogen and oxygen atoms in total. The van der Waals surface area contributed by atoms with Crippen molar-refractivity contribution in [3.63, 3.8) is 0 Å². The van der Waals surface area contributed by atoms with Crippen LogP contribution in [0, 0.1) is 0 Å². The molecule has 1 aliphatic rings. The van der Waals surface area contributed by atoms with Gasteiger partial charge < -0.3 is 5.73 Å². The molecule has 3 rings (SSSR count). The molecular formula is C15H14Cl2N2. The minimum Gasteiger partial charge on any atom is -0.382 e. The first-order chi connectivity index (χ1) is 9.15. The maximum absolute atomic E-state index is 6.17. The smallest absolute Gasteiger partial charge is 0.143 e. The van der Waals surface area contributed by atoms with Gasteiger partial charge in [-0.3, -0.25) is 0 Å². The zero-order valence-electron chi connectivity index (χ0n) is 10.4. The summed E-state index contributed by atoms with van der Waals surface area (Å²) in [6.07, 6.45) is 3.94. The summed E-state index contributed by atoms with van der Waals surface area (Å²) in [7, 11) is 0. The van der Waals surface area contributed by atoms with Crippen LogP contribution in [0.25, 0.3) is 11.3 Å². The lowest BCUT2D eigenvalue weighted by Gasteiger charge is -2.25. The van der Waals surface area contributed by atoms with E-state index in [1.807, 2.05) is 0 Å². The van der Waals surface area contributed by atoms with Gasteiger partial charge in [0.25, 0.3) is 0 Å².